The van der Waals surface area contributed by atoms with Gasteiger partial charge >= 0.3 is 6.09 Å². The standard InChI is InChI=1S/C22H29FN6O3/c1-22(2,3)29(21(31)32)15-8-6-5-7-14(15)26-19-17(23)13-10-24-20(30)16(13)18(27-19)12-9-25-28(4)11-12/h9,11,14-15H,5-8,10H2,1-4H3,(H,24,30)(H,26,27)(H,31,32)/t14-,15+/m1/s1. The van der Waals surface area contributed by atoms with E-state index in [-0.39, 0.29) is 41.5 Å². The van der Waals surface area contributed by atoms with Crippen LogP contribution >= 0.6 is 0 Å². The van der Waals surface area contributed by atoms with E-state index in [0.717, 1.165) is 12.8 Å². The molecule has 1 saturated carbocycles. The molecule has 0 saturated heterocycles. The molecule has 32 heavy (non-hydrogen) atoms. The molecule has 9 nitrogen and oxygen atoms in total. The molecular weight excluding hydrogens is 415 g/mol. The van der Waals surface area contributed by atoms with Crippen molar-refractivity contribution < 1.29 is 19.1 Å². The van der Waals surface area contributed by atoms with Crippen molar-refractivity contribution in [1.82, 2.24) is 25.0 Å². The SMILES string of the molecule is Cn1cc(-c2nc(N[C@@H]3CCCC[C@@H]3N(C(=O)O)C(C)(C)C)c(F)c3c2C(=O)NC3)cn1. The summed E-state index contributed by atoms with van der Waals surface area (Å²) in [7, 11) is 1.76. The van der Waals surface area contributed by atoms with Crippen molar-refractivity contribution in [2.75, 3.05) is 5.32 Å². The summed E-state index contributed by atoms with van der Waals surface area (Å²) < 4.78 is 17.1. The maximum Gasteiger partial charge on any atom is 0.408 e. The van der Waals surface area contributed by atoms with Gasteiger partial charge in [-0.15, -0.1) is 0 Å². The van der Waals surface area contributed by atoms with E-state index >= 15 is 4.39 Å². The lowest BCUT2D eigenvalue weighted by Crippen LogP contribution is -2.58. The quantitative estimate of drug-likeness (QED) is 0.667. The number of hydrogen-bond donors (Lipinski definition) is 3. The van der Waals surface area contributed by atoms with Gasteiger partial charge in [0.05, 0.1) is 23.5 Å². The molecule has 4 rings (SSSR count). The van der Waals surface area contributed by atoms with Crippen LogP contribution < -0.4 is 10.6 Å². The van der Waals surface area contributed by atoms with Gasteiger partial charge in [-0.1, -0.05) is 12.8 Å². The van der Waals surface area contributed by atoms with Crippen LogP contribution in [0.25, 0.3) is 11.3 Å². The van der Waals surface area contributed by atoms with Crippen molar-refractivity contribution in [1.29, 1.82) is 0 Å². The van der Waals surface area contributed by atoms with Gasteiger partial charge in [0, 0.05) is 42.5 Å². The molecule has 0 spiro atoms. The molecular formula is C22H29FN6O3. The van der Waals surface area contributed by atoms with Crippen LogP contribution in [0.1, 0.15) is 62.4 Å². The van der Waals surface area contributed by atoms with E-state index in [4.69, 9.17) is 0 Å². The van der Waals surface area contributed by atoms with E-state index in [1.807, 2.05) is 20.8 Å². The number of aryl methyl sites for hydroxylation is 1. The summed E-state index contributed by atoms with van der Waals surface area (Å²) in [4.78, 5) is 30.5. The number of anilines is 1. The van der Waals surface area contributed by atoms with Gasteiger partial charge in [-0.25, -0.2) is 14.2 Å². The zero-order chi connectivity index (χ0) is 23.2. The second-order valence-corrected chi connectivity index (χ2v) is 9.49. The molecule has 10 heteroatoms. The third kappa shape index (κ3) is 3.89. The molecule has 1 aliphatic carbocycles. The third-order valence-electron chi connectivity index (χ3n) is 6.18. The van der Waals surface area contributed by atoms with Gasteiger partial charge in [0.1, 0.15) is 0 Å². The van der Waals surface area contributed by atoms with E-state index in [1.165, 1.54) is 4.90 Å². The van der Waals surface area contributed by atoms with Crippen LogP contribution in [0.5, 0.6) is 0 Å². The van der Waals surface area contributed by atoms with E-state index < -0.39 is 17.4 Å². The molecule has 2 aliphatic rings. The van der Waals surface area contributed by atoms with Crippen LogP contribution in [0, 0.1) is 5.82 Å². The first-order valence-corrected chi connectivity index (χ1v) is 10.9. The van der Waals surface area contributed by atoms with Crippen molar-refractivity contribution >= 4 is 17.8 Å². The summed E-state index contributed by atoms with van der Waals surface area (Å²) in [6, 6.07) is -0.622. The molecule has 2 aromatic heterocycles. The first-order valence-electron chi connectivity index (χ1n) is 10.9. The summed E-state index contributed by atoms with van der Waals surface area (Å²) >= 11 is 0. The van der Waals surface area contributed by atoms with Gasteiger partial charge in [-0.2, -0.15) is 5.10 Å². The van der Waals surface area contributed by atoms with Gasteiger partial charge < -0.3 is 15.7 Å². The molecule has 0 unspecified atom stereocenters. The Morgan fingerprint density at radius 1 is 1.34 bits per heavy atom. The van der Waals surface area contributed by atoms with Crippen molar-refractivity contribution in [3.05, 3.63) is 29.3 Å². The van der Waals surface area contributed by atoms with Gasteiger partial charge in [-0.05, 0) is 33.6 Å². The average Bonchev–Trinajstić information content (AvgIpc) is 3.30. The highest BCUT2D eigenvalue weighted by Gasteiger charge is 2.40. The predicted octanol–water partition coefficient (Wildman–Crippen LogP) is 3.37. The first-order chi connectivity index (χ1) is 15.1. The molecule has 3 N–H and O–H groups in total. The maximum absolute atomic E-state index is 15.5. The smallest absolute Gasteiger partial charge is 0.408 e. The number of nitrogens with one attached hydrogen (secondary N) is 2. The number of nitrogens with zero attached hydrogens (tertiary/aromatic N) is 4. The fourth-order valence-corrected chi connectivity index (χ4v) is 4.82. The lowest BCUT2D eigenvalue weighted by Gasteiger charge is -2.45. The summed E-state index contributed by atoms with van der Waals surface area (Å²) in [5.74, 6) is -0.902. The zero-order valence-corrected chi connectivity index (χ0v) is 18.8. The van der Waals surface area contributed by atoms with Crippen LogP contribution in [0.3, 0.4) is 0 Å². The highest BCUT2D eigenvalue weighted by Crippen LogP contribution is 2.35. The van der Waals surface area contributed by atoms with Crippen LogP contribution in [-0.4, -0.2) is 54.4 Å². The topological polar surface area (TPSA) is 112 Å². The number of fused-ring (bicyclic) bond motifs is 1. The number of pyridine rings is 1. The van der Waals surface area contributed by atoms with Gasteiger partial charge in [0.25, 0.3) is 5.91 Å². The number of carbonyl (C=O) groups is 2. The second-order valence-electron chi connectivity index (χ2n) is 9.49. The Hall–Kier alpha value is -3.17. The number of halogens is 1. The summed E-state index contributed by atoms with van der Waals surface area (Å²) in [6.07, 6.45) is 5.52. The number of amides is 2. The Balaban J connectivity index is 1.75. The normalized spacial score (nSPS) is 20.6. The minimum atomic E-state index is -0.996. The number of aromatic nitrogens is 3. The van der Waals surface area contributed by atoms with Crippen LogP contribution in [0.4, 0.5) is 15.0 Å². The first kappa shape index (κ1) is 22.0. The molecule has 0 bridgehead atoms. The number of carbonyl (C=O) groups excluding carboxylic acids is 1. The molecule has 1 fully saturated rings. The summed E-state index contributed by atoms with van der Waals surface area (Å²) in [6.45, 7) is 5.66. The molecule has 0 aromatic carbocycles. The van der Waals surface area contributed by atoms with E-state index in [2.05, 4.69) is 20.7 Å². The largest absolute Gasteiger partial charge is 0.465 e. The molecule has 1 aliphatic heterocycles. The Labute approximate surface area is 186 Å². The van der Waals surface area contributed by atoms with Crippen molar-refractivity contribution in [3.8, 4) is 11.3 Å². The average molecular weight is 445 g/mol. The molecule has 2 amide bonds. The number of hydrogen-bond acceptors (Lipinski definition) is 5. The molecule has 3 heterocycles. The van der Waals surface area contributed by atoms with Gasteiger partial charge in [0.15, 0.2) is 11.6 Å². The lowest BCUT2D eigenvalue weighted by molar-refractivity contribution is 0.0519. The summed E-state index contributed by atoms with van der Waals surface area (Å²) in [5, 5.41) is 19.9. The third-order valence-corrected chi connectivity index (χ3v) is 6.18. The summed E-state index contributed by atoms with van der Waals surface area (Å²) in [5.41, 5.74) is 0.874. The highest BCUT2D eigenvalue weighted by molar-refractivity contribution is 6.04. The molecule has 172 valence electrons. The molecule has 2 aromatic rings. The maximum atomic E-state index is 15.5. The van der Waals surface area contributed by atoms with E-state index in [9.17, 15) is 14.7 Å². The number of carboxylic acid groups (broad SMARTS) is 1. The lowest BCUT2D eigenvalue weighted by atomic mass is 9.86. The second kappa shape index (κ2) is 8.07. The van der Waals surface area contributed by atoms with Crippen molar-refractivity contribution in [2.45, 2.75) is 70.6 Å². The monoisotopic (exact) mass is 444 g/mol. The molecule has 0 radical (unpaired) electrons. The fourth-order valence-electron chi connectivity index (χ4n) is 4.82. The van der Waals surface area contributed by atoms with Crippen LogP contribution in [-0.2, 0) is 13.6 Å². The highest BCUT2D eigenvalue weighted by atomic mass is 19.1. The van der Waals surface area contributed by atoms with Crippen LogP contribution in [0.2, 0.25) is 0 Å². The van der Waals surface area contributed by atoms with E-state index in [1.54, 1.807) is 24.1 Å². The zero-order valence-electron chi connectivity index (χ0n) is 18.8. The molecule has 2 atom stereocenters. The van der Waals surface area contributed by atoms with Crippen LogP contribution in [0.15, 0.2) is 12.4 Å². The Kier molecular flexibility index (Phi) is 5.56. The Morgan fingerprint density at radius 3 is 2.69 bits per heavy atom. The van der Waals surface area contributed by atoms with Crippen molar-refractivity contribution in [2.24, 2.45) is 7.05 Å². The fraction of sp³-hybridized carbons (Fsp3) is 0.545. The minimum Gasteiger partial charge on any atom is -0.465 e. The minimum absolute atomic E-state index is 0.0373. The van der Waals surface area contributed by atoms with Gasteiger partial charge in [0.2, 0.25) is 0 Å². The van der Waals surface area contributed by atoms with Gasteiger partial charge in [-0.3, -0.25) is 14.4 Å². The van der Waals surface area contributed by atoms with Crippen molar-refractivity contribution in [3.63, 3.8) is 0 Å². The Bertz CT molecular complexity index is 1060. The Morgan fingerprint density at radius 2 is 2.06 bits per heavy atom. The number of rotatable bonds is 4. The predicted molar refractivity (Wildman–Crippen MR) is 117 cm³/mol. The van der Waals surface area contributed by atoms with E-state index in [0.29, 0.717) is 24.1 Å².